The van der Waals surface area contributed by atoms with Crippen molar-refractivity contribution in [1.82, 2.24) is 5.32 Å². The smallest absolute Gasteiger partial charge is 0.226 e. The molecule has 1 heterocycles. The Morgan fingerprint density at radius 3 is 2.83 bits per heavy atom. The van der Waals surface area contributed by atoms with Crippen LogP contribution in [-0.4, -0.2) is 11.4 Å². The summed E-state index contributed by atoms with van der Waals surface area (Å²) in [5.41, 5.74) is 1.47. The van der Waals surface area contributed by atoms with Crippen LogP contribution in [0.15, 0.2) is 11.6 Å². The molecule has 2 heteroatoms. The van der Waals surface area contributed by atoms with Crippen LogP contribution in [0.2, 0.25) is 0 Å². The maximum Gasteiger partial charge on any atom is 0.226 e. The molecule has 1 fully saturated rings. The molecule has 0 bridgehead atoms. The maximum atomic E-state index is 11.2. The van der Waals surface area contributed by atoms with Gasteiger partial charge < -0.3 is 5.32 Å². The first-order valence-electron chi connectivity index (χ1n) is 4.52. The summed E-state index contributed by atoms with van der Waals surface area (Å²) < 4.78 is 0. The number of β-lactam (4-membered cyclic amide) rings is 1. The number of fused-ring (bicyclic) bond motifs is 1. The zero-order chi connectivity index (χ0) is 8.93. The summed E-state index contributed by atoms with van der Waals surface area (Å²) in [7, 11) is 0. The van der Waals surface area contributed by atoms with Crippen LogP contribution in [0.25, 0.3) is 0 Å². The van der Waals surface area contributed by atoms with Crippen LogP contribution in [0.3, 0.4) is 0 Å². The van der Waals surface area contributed by atoms with Gasteiger partial charge in [0.1, 0.15) is 0 Å². The standard InChI is InChI=1S/C10H15NO/c1-6-4-7(2)8-9(12)11-10(8,3)5-6/h4,7-8H,5H2,1-3H3,(H,11,12)/t7-,8+,10+/m1/s1. The van der Waals surface area contributed by atoms with Crippen molar-refractivity contribution in [3.63, 3.8) is 0 Å². The van der Waals surface area contributed by atoms with Crippen molar-refractivity contribution in [2.24, 2.45) is 11.8 Å². The molecule has 0 radical (unpaired) electrons. The summed E-state index contributed by atoms with van der Waals surface area (Å²) in [5, 5.41) is 3.00. The van der Waals surface area contributed by atoms with Gasteiger partial charge in [0, 0.05) is 0 Å². The predicted molar refractivity (Wildman–Crippen MR) is 47.6 cm³/mol. The lowest BCUT2D eigenvalue weighted by Crippen LogP contribution is -2.70. The fourth-order valence-electron chi connectivity index (χ4n) is 2.80. The second kappa shape index (κ2) is 2.12. The van der Waals surface area contributed by atoms with E-state index in [4.69, 9.17) is 0 Å². The van der Waals surface area contributed by atoms with Gasteiger partial charge in [0.05, 0.1) is 11.5 Å². The maximum absolute atomic E-state index is 11.2. The normalized spacial score (nSPS) is 45.6. The molecule has 3 atom stereocenters. The van der Waals surface area contributed by atoms with Gasteiger partial charge in [-0.05, 0) is 26.2 Å². The van der Waals surface area contributed by atoms with Crippen molar-refractivity contribution in [2.45, 2.75) is 32.7 Å². The minimum absolute atomic E-state index is 0.0648. The summed E-state index contributed by atoms with van der Waals surface area (Å²) in [4.78, 5) is 11.2. The van der Waals surface area contributed by atoms with E-state index in [0.717, 1.165) is 6.42 Å². The Morgan fingerprint density at radius 2 is 2.33 bits per heavy atom. The Labute approximate surface area is 73.0 Å². The SMILES string of the molecule is CC1=C[C@@H](C)[C@H]2C(=O)N[C@@]2(C)C1. The third kappa shape index (κ3) is 0.838. The van der Waals surface area contributed by atoms with Crippen LogP contribution in [-0.2, 0) is 4.79 Å². The molecule has 0 unspecified atom stereocenters. The van der Waals surface area contributed by atoms with Gasteiger partial charge in [0.25, 0.3) is 0 Å². The largest absolute Gasteiger partial charge is 0.349 e. The van der Waals surface area contributed by atoms with Crippen LogP contribution < -0.4 is 5.32 Å². The zero-order valence-electron chi connectivity index (χ0n) is 7.85. The first kappa shape index (κ1) is 7.84. The third-order valence-electron chi connectivity index (χ3n) is 3.10. The van der Waals surface area contributed by atoms with E-state index in [1.165, 1.54) is 5.57 Å². The molecule has 1 saturated heterocycles. The van der Waals surface area contributed by atoms with Gasteiger partial charge in [-0.1, -0.05) is 18.6 Å². The number of amides is 1. The highest BCUT2D eigenvalue weighted by Gasteiger charge is 2.53. The summed E-state index contributed by atoms with van der Waals surface area (Å²) in [5.74, 6) is 0.868. The summed E-state index contributed by atoms with van der Waals surface area (Å²) in [6.45, 7) is 6.42. The molecular formula is C10H15NO. The second-order valence-electron chi connectivity index (χ2n) is 4.43. The quantitative estimate of drug-likeness (QED) is 0.427. The number of rotatable bonds is 0. The van der Waals surface area contributed by atoms with E-state index in [0.29, 0.717) is 5.92 Å². The van der Waals surface area contributed by atoms with E-state index in [-0.39, 0.29) is 17.4 Å². The molecule has 2 rings (SSSR count). The minimum Gasteiger partial charge on any atom is -0.349 e. The molecule has 0 aromatic rings. The van der Waals surface area contributed by atoms with Gasteiger partial charge in [-0.25, -0.2) is 0 Å². The van der Waals surface area contributed by atoms with Crippen LogP contribution in [0, 0.1) is 11.8 Å². The monoisotopic (exact) mass is 165 g/mol. The Bertz CT molecular complexity index is 269. The summed E-state index contributed by atoms with van der Waals surface area (Å²) in [6.07, 6.45) is 3.25. The Kier molecular flexibility index (Phi) is 1.39. The second-order valence-corrected chi connectivity index (χ2v) is 4.43. The first-order chi connectivity index (χ1) is 5.53. The van der Waals surface area contributed by atoms with Crippen molar-refractivity contribution in [3.8, 4) is 0 Å². The average molecular weight is 165 g/mol. The lowest BCUT2D eigenvalue weighted by molar-refractivity contribution is -0.143. The highest BCUT2D eigenvalue weighted by Crippen LogP contribution is 2.42. The predicted octanol–water partition coefficient (Wildman–Crippen LogP) is 1.48. The van der Waals surface area contributed by atoms with Crippen molar-refractivity contribution in [3.05, 3.63) is 11.6 Å². The highest BCUT2D eigenvalue weighted by molar-refractivity contribution is 5.88. The molecule has 12 heavy (non-hydrogen) atoms. The number of nitrogens with one attached hydrogen (secondary N) is 1. The topological polar surface area (TPSA) is 29.1 Å². The summed E-state index contributed by atoms with van der Waals surface area (Å²) >= 11 is 0. The molecule has 0 aromatic heterocycles. The summed E-state index contributed by atoms with van der Waals surface area (Å²) in [6, 6.07) is 0. The molecule has 1 N–H and O–H groups in total. The Balaban J connectivity index is 2.31. The van der Waals surface area contributed by atoms with Gasteiger partial charge in [-0.3, -0.25) is 4.79 Å². The van der Waals surface area contributed by atoms with Crippen LogP contribution in [0.1, 0.15) is 27.2 Å². The van der Waals surface area contributed by atoms with E-state index >= 15 is 0 Å². The van der Waals surface area contributed by atoms with E-state index in [1.807, 2.05) is 0 Å². The van der Waals surface area contributed by atoms with Crippen LogP contribution in [0.4, 0.5) is 0 Å². The van der Waals surface area contributed by atoms with Gasteiger partial charge in [-0.15, -0.1) is 0 Å². The van der Waals surface area contributed by atoms with E-state index in [1.54, 1.807) is 0 Å². The van der Waals surface area contributed by atoms with E-state index in [2.05, 4.69) is 32.2 Å². The molecule has 1 amide bonds. The Morgan fingerprint density at radius 1 is 1.67 bits per heavy atom. The molecule has 1 aliphatic heterocycles. The molecule has 66 valence electrons. The van der Waals surface area contributed by atoms with E-state index < -0.39 is 0 Å². The molecule has 1 aliphatic carbocycles. The number of carbonyl (C=O) groups excluding carboxylic acids is 1. The van der Waals surface area contributed by atoms with Gasteiger partial charge >= 0.3 is 0 Å². The molecule has 0 aromatic carbocycles. The fraction of sp³-hybridized carbons (Fsp3) is 0.700. The average Bonchev–Trinajstić information content (AvgIpc) is 1.81. The number of carbonyl (C=O) groups is 1. The van der Waals surface area contributed by atoms with E-state index in [9.17, 15) is 4.79 Å². The van der Waals surface area contributed by atoms with Crippen LogP contribution >= 0.6 is 0 Å². The zero-order valence-corrected chi connectivity index (χ0v) is 7.85. The Hall–Kier alpha value is -0.790. The van der Waals surface area contributed by atoms with Crippen molar-refractivity contribution >= 4 is 5.91 Å². The van der Waals surface area contributed by atoms with Gasteiger partial charge in [0.15, 0.2) is 0 Å². The molecular weight excluding hydrogens is 150 g/mol. The lowest BCUT2D eigenvalue weighted by atomic mass is 9.64. The first-order valence-corrected chi connectivity index (χ1v) is 4.52. The number of hydrogen-bond donors (Lipinski definition) is 1. The van der Waals surface area contributed by atoms with Crippen molar-refractivity contribution < 1.29 is 4.79 Å². The number of allylic oxidation sites excluding steroid dienone is 1. The number of hydrogen-bond acceptors (Lipinski definition) is 1. The molecule has 0 saturated carbocycles. The molecule has 0 spiro atoms. The fourth-order valence-corrected chi connectivity index (χ4v) is 2.80. The molecule has 2 aliphatic rings. The van der Waals surface area contributed by atoms with Crippen molar-refractivity contribution in [1.29, 1.82) is 0 Å². The highest BCUT2D eigenvalue weighted by atomic mass is 16.2. The third-order valence-corrected chi connectivity index (χ3v) is 3.10. The van der Waals surface area contributed by atoms with Gasteiger partial charge in [0.2, 0.25) is 5.91 Å². The van der Waals surface area contributed by atoms with Gasteiger partial charge in [-0.2, -0.15) is 0 Å². The molecule has 2 nitrogen and oxygen atoms in total. The van der Waals surface area contributed by atoms with Crippen LogP contribution in [0.5, 0.6) is 0 Å². The minimum atomic E-state index is 0.0648. The van der Waals surface area contributed by atoms with Crippen molar-refractivity contribution in [2.75, 3.05) is 0 Å². The lowest BCUT2D eigenvalue weighted by Gasteiger charge is -2.52.